The van der Waals surface area contributed by atoms with Crippen molar-refractivity contribution in [2.45, 2.75) is 32.1 Å². The van der Waals surface area contributed by atoms with Crippen molar-refractivity contribution in [2.75, 3.05) is 5.32 Å². The van der Waals surface area contributed by atoms with E-state index in [0.717, 1.165) is 27.8 Å². The van der Waals surface area contributed by atoms with Gasteiger partial charge in [-0.25, -0.2) is 9.67 Å². The van der Waals surface area contributed by atoms with Crippen molar-refractivity contribution in [1.29, 1.82) is 0 Å². The molecule has 0 radical (unpaired) electrons. The van der Waals surface area contributed by atoms with Gasteiger partial charge >= 0.3 is 0 Å². The van der Waals surface area contributed by atoms with Crippen molar-refractivity contribution < 1.29 is 4.79 Å². The molecule has 3 aromatic rings. The van der Waals surface area contributed by atoms with Crippen LogP contribution in [-0.4, -0.2) is 20.7 Å². The largest absolute Gasteiger partial charge is 0.310 e. The number of thiazole rings is 1. The highest BCUT2D eigenvalue weighted by atomic mass is 32.1. The van der Waals surface area contributed by atoms with Gasteiger partial charge in [-0.2, -0.15) is 5.10 Å². The summed E-state index contributed by atoms with van der Waals surface area (Å²) in [7, 11) is 0. The van der Waals surface area contributed by atoms with Crippen LogP contribution in [0.5, 0.6) is 0 Å². The second-order valence-electron chi connectivity index (χ2n) is 6.22. The predicted molar refractivity (Wildman–Crippen MR) is 94.9 cm³/mol. The molecule has 1 aliphatic rings. The van der Waals surface area contributed by atoms with Crippen LogP contribution in [0.15, 0.2) is 41.9 Å². The number of amides is 1. The average molecular weight is 338 g/mol. The maximum absolute atomic E-state index is 12.3. The molecular weight excluding hydrogens is 320 g/mol. The van der Waals surface area contributed by atoms with Crippen molar-refractivity contribution in [1.82, 2.24) is 14.8 Å². The molecule has 1 amide bonds. The van der Waals surface area contributed by atoms with Crippen LogP contribution in [0.4, 0.5) is 5.82 Å². The lowest BCUT2D eigenvalue weighted by Crippen LogP contribution is -2.25. The Kier molecular flexibility index (Phi) is 3.69. The molecule has 0 saturated carbocycles. The van der Waals surface area contributed by atoms with E-state index in [1.807, 2.05) is 40.4 Å². The van der Waals surface area contributed by atoms with Crippen molar-refractivity contribution in [3.05, 3.63) is 58.2 Å². The lowest BCUT2D eigenvalue weighted by molar-refractivity contribution is -0.116. The van der Waals surface area contributed by atoms with Crippen LogP contribution in [0.1, 0.15) is 48.4 Å². The molecular formula is C18H18N4OS. The zero-order valence-electron chi connectivity index (χ0n) is 13.6. The third-order valence-corrected chi connectivity index (χ3v) is 5.13. The van der Waals surface area contributed by atoms with E-state index < -0.39 is 0 Å². The molecule has 1 atom stereocenters. The Balaban J connectivity index is 1.95. The summed E-state index contributed by atoms with van der Waals surface area (Å²) >= 11 is 1.59. The third kappa shape index (κ3) is 2.43. The van der Waals surface area contributed by atoms with Crippen LogP contribution >= 0.6 is 11.3 Å². The van der Waals surface area contributed by atoms with Crippen LogP contribution in [0.25, 0.3) is 5.69 Å². The lowest BCUT2D eigenvalue weighted by Gasteiger charge is -2.23. The lowest BCUT2D eigenvalue weighted by atomic mass is 9.89. The number of hydrogen-bond donors (Lipinski definition) is 1. The molecule has 0 spiro atoms. The van der Waals surface area contributed by atoms with Crippen LogP contribution < -0.4 is 5.32 Å². The van der Waals surface area contributed by atoms with E-state index in [4.69, 9.17) is 5.10 Å². The minimum atomic E-state index is -0.0244. The first-order valence-electron chi connectivity index (χ1n) is 8.02. The van der Waals surface area contributed by atoms with Crippen molar-refractivity contribution >= 4 is 23.1 Å². The number of para-hydroxylation sites is 1. The van der Waals surface area contributed by atoms with Crippen molar-refractivity contribution in [2.24, 2.45) is 0 Å². The van der Waals surface area contributed by atoms with Gasteiger partial charge in [0, 0.05) is 23.6 Å². The summed E-state index contributed by atoms with van der Waals surface area (Å²) in [4.78, 5) is 16.8. The average Bonchev–Trinajstić information content (AvgIpc) is 3.22. The summed E-state index contributed by atoms with van der Waals surface area (Å²) in [6.07, 6.45) is 2.21. The topological polar surface area (TPSA) is 59.8 Å². The Labute approximate surface area is 144 Å². The van der Waals surface area contributed by atoms with Gasteiger partial charge in [-0.3, -0.25) is 4.79 Å². The van der Waals surface area contributed by atoms with Gasteiger partial charge in [-0.1, -0.05) is 32.0 Å². The minimum absolute atomic E-state index is 0.00934. The number of aromatic nitrogens is 3. The molecule has 6 heteroatoms. The van der Waals surface area contributed by atoms with Gasteiger partial charge in [-0.15, -0.1) is 11.3 Å². The first-order chi connectivity index (χ1) is 11.6. The number of carbonyl (C=O) groups is 1. The number of anilines is 1. The molecule has 0 bridgehead atoms. The van der Waals surface area contributed by atoms with Crippen LogP contribution in [0.2, 0.25) is 0 Å². The quantitative estimate of drug-likeness (QED) is 0.787. The van der Waals surface area contributed by atoms with Crippen molar-refractivity contribution in [3.63, 3.8) is 0 Å². The highest BCUT2D eigenvalue weighted by Crippen LogP contribution is 2.42. The molecule has 24 heavy (non-hydrogen) atoms. The Morgan fingerprint density at radius 2 is 2.08 bits per heavy atom. The molecule has 2 aromatic heterocycles. The molecule has 5 nitrogen and oxygen atoms in total. The summed E-state index contributed by atoms with van der Waals surface area (Å²) in [5.74, 6) is 1.03. The van der Waals surface area contributed by atoms with E-state index in [0.29, 0.717) is 6.42 Å². The van der Waals surface area contributed by atoms with Gasteiger partial charge in [0.1, 0.15) is 10.8 Å². The van der Waals surface area contributed by atoms with E-state index >= 15 is 0 Å². The first-order valence-corrected chi connectivity index (χ1v) is 8.90. The van der Waals surface area contributed by atoms with Crippen molar-refractivity contribution in [3.8, 4) is 5.69 Å². The normalized spacial score (nSPS) is 17.0. The zero-order valence-corrected chi connectivity index (χ0v) is 14.4. The molecule has 0 aliphatic carbocycles. The van der Waals surface area contributed by atoms with E-state index in [1.165, 1.54) is 0 Å². The second-order valence-corrected chi connectivity index (χ2v) is 7.15. The Morgan fingerprint density at radius 3 is 2.75 bits per heavy atom. The number of hydrogen-bond acceptors (Lipinski definition) is 4. The Bertz CT molecular complexity index is 868. The number of benzene rings is 1. The van der Waals surface area contributed by atoms with Gasteiger partial charge < -0.3 is 5.32 Å². The minimum Gasteiger partial charge on any atom is -0.310 e. The number of nitrogens with one attached hydrogen (secondary N) is 1. The van der Waals surface area contributed by atoms with Crippen LogP contribution in [0, 0.1) is 0 Å². The van der Waals surface area contributed by atoms with Gasteiger partial charge in [0.2, 0.25) is 5.91 Å². The molecule has 4 rings (SSSR count). The fourth-order valence-corrected chi connectivity index (χ4v) is 3.93. The van der Waals surface area contributed by atoms with Gasteiger partial charge in [0.25, 0.3) is 0 Å². The van der Waals surface area contributed by atoms with E-state index in [2.05, 4.69) is 24.1 Å². The summed E-state index contributed by atoms with van der Waals surface area (Å²) in [6.45, 7) is 4.26. The second kappa shape index (κ2) is 5.87. The summed E-state index contributed by atoms with van der Waals surface area (Å²) < 4.78 is 1.85. The number of rotatable bonds is 3. The molecule has 3 heterocycles. The van der Waals surface area contributed by atoms with Crippen LogP contribution in [0.3, 0.4) is 0 Å². The smallest absolute Gasteiger partial charge is 0.226 e. The van der Waals surface area contributed by atoms with Crippen LogP contribution in [-0.2, 0) is 4.79 Å². The van der Waals surface area contributed by atoms with E-state index in [1.54, 1.807) is 17.5 Å². The summed E-state index contributed by atoms with van der Waals surface area (Å²) in [6, 6.07) is 9.91. The highest BCUT2D eigenvalue weighted by molar-refractivity contribution is 7.09. The monoisotopic (exact) mass is 338 g/mol. The fourth-order valence-electron chi connectivity index (χ4n) is 3.18. The molecule has 0 saturated heterocycles. The molecule has 1 aliphatic heterocycles. The highest BCUT2D eigenvalue weighted by Gasteiger charge is 2.35. The SMILES string of the molecule is CC(C)c1nn(-c2ccccc2)c2c1C(c1nccs1)CC(=O)N2. The number of carbonyl (C=O) groups excluding carboxylic acids is 1. The molecule has 1 aromatic carbocycles. The summed E-state index contributed by atoms with van der Waals surface area (Å²) in [5, 5.41) is 10.8. The molecule has 122 valence electrons. The maximum atomic E-state index is 12.3. The van der Waals surface area contributed by atoms with E-state index in [9.17, 15) is 4.79 Å². The number of nitrogens with zero attached hydrogens (tertiary/aromatic N) is 3. The molecule has 1 N–H and O–H groups in total. The summed E-state index contributed by atoms with van der Waals surface area (Å²) in [5.41, 5.74) is 3.07. The Morgan fingerprint density at radius 1 is 1.29 bits per heavy atom. The first kappa shape index (κ1) is 15.1. The van der Waals surface area contributed by atoms with Gasteiger partial charge in [-0.05, 0) is 18.1 Å². The van der Waals surface area contributed by atoms with Gasteiger partial charge in [0.05, 0.1) is 17.3 Å². The predicted octanol–water partition coefficient (Wildman–Crippen LogP) is 3.93. The zero-order chi connectivity index (χ0) is 16.7. The standard InChI is InChI=1S/C18H18N4OS/c1-11(2)16-15-13(18-19-8-9-24-18)10-14(23)20-17(15)22(21-16)12-6-4-3-5-7-12/h3-9,11,13H,10H2,1-2H3,(H,20,23). The fraction of sp³-hybridized carbons (Fsp3) is 0.278. The van der Waals surface area contributed by atoms with E-state index in [-0.39, 0.29) is 17.7 Å². The number of fused-ring (bicyclic) bond motifs is 1. The maximum Gasteiger partial charge on any atom is 0.226 e. The Hall–Kier alpha value is -2.47. The molecule has 1 unspecified atom stereocenters. The third-order valence-electron chi connectivity index (χ3n) is 4.24. The molecule has 0 fully saturated rings. The van der Waals surface area contributed by atoms with Gasteiger partial charge in [0.15, 0.2) is 0 Å².